The third-order valence-corrected chi connectivity index (χ3v) is 4.76. The molecule has 1 aliphatic rings. The van der Waals surface area contributed by atoms with Gasteiger partial charge in [0.1, 0.15) is 0 Å². The van der Waals surface area contributed by atoms with E-state index in [0.717, 1.165) is 45.2 Å². The van der Waals surface area contributed by atoms with Crippen LogP contribution in [0, 0.1) is 12.3 Å². The fraction of sp³-hybridized carbons (Fsp3) is 0.833. The second-order valence-electron chi connectivity index (χ2n) is 6.76. The largest absolute Gasteiger partial charge is 0.382 e. The summed E-state index contributed by atoms with van der Waals surface area (Å²) in [6, 6.07) is 0. The first-order chi connectivity index (χ1) is 12.2. The summed E-state index contributed by atoms with van der Waals surface area (Å²) in [6.45, 7) is 10.0. The number of hydrogen-bond donors (Lipinski definition) is 2. The zero-order valence-corrected chi connectivity index (χ0v) is 15.9. The fourth-order valence-electron chi connectivity index (χ4n) is 3.36. The van der Waals surface area contributed by atoms with Crippen molar-refractivity contribution in [2.75, 3.05) is 32.8 Å². The Bertz CT molecular complexity index is 523. The van der Waals surface area contributed by atoms with Crippen molar-refractivity contribution >= 4 is 5.96 Å². The molecule has 1 aromatic heterocycles. The molecule has 0 aromatic carbocycles. The third-order valence-electron chi connectivity index (χ3n) is 4.76. The molecule has 0 amide bonds. The maximum Gasteiger partial charge on any atom is 0.228 e. The zero-order chi connectivity index (χ0) is 18.0. The van der Waals surface area contributed by atoms with E-state index in [1.165, 1.54) is 25.7 Å². The number of aromatic nitrogens is 2. The summed E-state index contributed by atoms with van der Waals surface area (Å²) >= 11 is 0. The van der Waals surface area contributed by atoms with Crippen molar-refractivity contribution in [1.82, 2.24) is 20.8 Å². The average molecular weight is 351 g/mol. The number of ether oxygens (including phenoxy) is 1. The van der Waals surface area contributed by atoms with Crippen LogP contribution in [0.3, 0.4) is 0 Å². The summed E-state index contributed by atoms with van der Waals surface area (Å²) < 4.78 is 10.7. The van der Waals surface area contributed by atoms with Crippen LogP contribution in [-0.4, -0.2) is 48.9 Å². The van der Waals surface area contributed by atoms with Gasteiger partial charge in [-0.1, -0.05) is 18.0 Å². The first-order valence-corrected chi connectivity index (χ1v) is 9.56. The lowest BCUT2D eigenvalue weighted by atomic mass is 9.83. The van der Waals surface area contributed by atoms with Gasteiger partial charge in [-0.05, 0) is 45.4 Å². The predicted molar refractivity (Wildman–Crippen MR) is 98.7 cm³/mol. The van der Waals surface area contributed by atoms with E-state index in [0.29, 0.717) is 23.6 Å². The Hall–Kier alpha value is -1.63. The van der Waals surface area contributed by atoms with Crippen LogP contribution >= 0.6 is 0 Å². The van der Waals surface area contributed by atoms with Crippen LogP contribution in [0.15, 0.2) is 9.52 Å². The smallest absolute Gasteiger partial charge is 0.228 e. The van der Waals surface area contributed by atoms with Crippen LogP contribution in [0.25, 0.3) is 0 Å². The van der Waals surface area contributed by atoms with Gasteiger partial charge in [0, 0.05) is 39.3 Å². The monoisotopic (exact) mass is 351 g/mol. The third kappa shape index (κ3) is 6.65. The van der Waals surface area contributed by atoms with Gasteiger partial charge in [-0.3, -0.25) is 4.99 Å². The molecule has 1 aromatic rings. The van der Waals surface area contributed by atoms with E-state index in [2.05, 4.69) is 34.6 Å². The molecule has 0 atom stereocenters. The van der Waals surface area contributed by atoms with Crippen LogP contribution in [0.1, 0.15) is 57.7 Å². The van der Waals surface area contributed by atoms with Crippen LogP contribution in [0.5, 0.6) is 0 Å². The van der Waals surface area contributed by atoms with Crippen LogP contribution in [0.2, 0.25) is 0 Å². The number of guanidine groups is 1. The molecule has 1 saturated carbocycles. The quantitative estimate of drug-likeness (QED) is 0.383. The maximum atomic E-state index is 5.59. The Kier molecular flexibility index (Phi) is 8.18. The summed E-state index contributed by atoms with van der Waals surface area (Å²) in [4.78, 5) is 9.08. The molecule has 1 heterocycles. The minimum Gasteiger partial charge on any atom is -0.382 e. The number of aryl methyl sites for hydroxylation is 1. The van der Waals surface area contributed by atoms with E-state index >= 15 is 0 Å². The zero-order valence-electron chi connectivity index (χ0n) is 15.9. The molecular weight excluding hydrogens is 318 g/mol. The lowest BCUT2D eigenvalue weighted by Crippen LogP contribution is -2.39. The van der Waals surface area contributed by atoms with Crippen molar-refractivity contribution in [1.29, 1.82) is 0 Å². The van der Waals surface area contributed by atoms with E-state index in [4.69, 9.17) is 14.3 Å². The summed E-state index contributed by atoms with van der Waals surface area (Å²) in [5.74, 6) is 2.19. The highest BCUT2D eigenvalue weighted by Gasteiger charge is 2.33. The minimum absolute atomic E-state index is 0.307. The van der Waals surface area contributed by atoms with Crippen LogP contribution in [-0.2, 0) is 11.2 Å². The number of nitrogens with one attached hydrogen (secondary N) is 2. The first-order valence-electron chi connectivity index (χ1n) is 9.56. The van der Waals surface area contributed by atoms with Gasteiger partial charge in [0.25, 0.3) is 0 Å². The highest BCUT2D eigenvalue weighted by Crippen LogP contribution is 2.41. The molecule has 2 rings (SSSR count). The molecule has 0 bridgehead atoms. The highest BCUT2D eigenvalue weighted by molar-refractivity contribution is 5.79. The highest BCUT2D eigenvalue weighted by atomic mass is 16.5. The topological polar surface area (TPSA) is 84.6 Å². The summed E-state index contributed by atoms with van der Waals surface area (Å²) in [7, 11) is 0. The average Bonchev–Trinajstić information content (AvgIpc) is 3.23. The molecular formula is C18H33N5O2. The Morgan fingerprint density at radius 3 is 2.72 bits per heavy atom. The minimum atomic E-state index is 0.307. The molecule has 142 valence electrons. The van der Waals surface area contributed by atoms with E-state index in [9.17, 15) is 0 Å². The summed E-state index contributed by atoms with van der Waals surface area (Å²) in [6.07, 6.45) is 6.92. The Labute approximate surface area is 151 Å². The van der Waals surface area contributed by atoms with Gasteiger partial charge in [-0.2, -0.15) is 4.98 Å². The van der Waals surface area contributed by atoms with Gasteiger partial charge in [0.05, 0.1) is 0 Å². The number of rotatable bonds is 10. The fourth-order valence-corrected chi connectivity index (χ4v) is 3.36. The maximum absolute atomic E-state index is 5.59. The molecule has 1 fully saturated rings. The second kappa shape index (κ2) is 10.4. The summed E-state index contributed by atoms with van der Waals surface area (Å²) in [5, 5.41) is 10.5. The molecule has 0 radical (unpaired) electrons. The molecule has 0 aliphatic heterocycles. The Morgan fingerprint density at radius 2 is 2.08 bits per heavy atom. The van der Waals surface area contributed by atoms with E-state index in [1.54, 1.807) is 0 Å². The Balaban J connectivity index is 1.85. The standard InChI is InChI=1S/C18H33N5O2/c1-4-19-17(20-12-8-16-22-15(3)23-25-16)21-14-18(9-6-7-10-18)11-13-24-5-2/h4-14H2,1-3H3,(H2,19,20,21). The second-order valence-corrected chi connectivity index (χ2v) is 6.76. The molecule has 7 nitrogen and oxygen atoms in total. The lowest BCUT2D eigenvalue weighted by Gasteiger charge is -2.27. The van der Waals surface area contributed by atoms with Gasteiger partial charge < -0.3 is 19.9 Å². The molecule has 2 N–H and O–H groups in total. The van der Waals surface area contributed by atoms with E-state index in [-0.39, 0.29) is 0 Å². The first kappa shape index (κ1) is 19.7. The van der Waals surface area contributed by atoms with Crippen molar-refractivity contribution in [3.8, 4) is 0 Å². The molecule has 25 heavy (non-hydrogen) atoms. The van der Waals surface area contributed by atoms with Gasteiger partial charge in [0.2, 0.25) is 5.89 Å². The van der Waals surface area contributed by atoms with Crippen molar-refractivity contribution in [2.45, 2.75) is 59.3 Å². The molecule has 0 spiro atoms. The van der Waals surface area contributed by atoms with Crippen molar-refractivity contribution in [3.63, 3.8) is 0 Å². The summed E-state index contributed by atoms with van der Waals surface area (Å²) in [5.41, 5.74) is 0.307. The predicted octanol–water partition coefficient (Wildman–Crippen LogP) is 2.46. The molecule has 1 aliphatic carbocycles. The van der Waals surface area contributed by atoms with Gasteiger partial charge in [-0.15, -0.1) is 0 Å². The van der Waals surface area contributed by atoms with Crippen LogP contribution in [0.4, 0.5) is 0 Å². The SMILES string of the molecule is CCNC(=NCC1(CCOCC)CCCC1)NCCc1nc(C)no1. The number of hydrogen-bond acceptors (Lipinski definition) is 5. The molecule has 0 saturated heterocycles. The van der Waals surface area contributed by atoms with Crippen molar-refractivity contribution < 1.29 is 9.26 Å². The van der Waals surface area contributed by atoms with Gasteiger partial charge in [-0.25, -0.2) is 0 Å². The van der Waals surface area contributed by atoms with Crippen molar-refractivity contribution in [3.05, 3.63) is 11.7 Å². The molecule has 0 unspecified atom stereocenters. The molecule has 7 heteroatoms. The van der Waals surface area contributed by atoms with E-state index < -0.39 is 0 Å². The van der Waals surface area contributed by atoms with Crippen molar-refractivity contribution in [2.24, 2.45) is 10.4 Å². The number of aliphatic imine (C=N–C) groups is 1. The van der Waals surface area contributed by atoms with Gasteiger partial charge >= 0.3 is 0 Å². The lowest BCUT2D eigenvalue weighted by molar-refractivity contribution is 0.107. The van der Waals surface area contributed by atoms with Gasteiger partial charge in [0.15, 0.2) is 11.8 Å². The Morgan fingerprint density at radius 1 is 1.28 bits per heavy atom. The van der Waals surface area contributed by atoms with E-state index in [1.807, 2.05) is 6.92 Å². The number of nitrogens with zero attached hydrogens (tertiary/aromatic N) is 3. The normalized spacial score (nSPS) is 17.0. The van der Waals surface area contributed by atoms with Crippen LogP contribution < -0.4 is 10.6 Å².